The molecule has 2 heterocycles. The number of hydrogen-bond acceptors (Lipinski definition) is 5. The number of primary amides is 1. The zero-order valence-electron chi connectivity index (χ0n) is 16.2. The number of carbonyl (C=O) groups excluding carboxylic acids is 1. The molecule has 29 heavy (non-hydrogen) atoms. The molecule has 150 valence electrons. The Morgan fingerprint density at radius 2 is 1.86 bits per heavy atom. The van der Waals surface area contributed by atoms with E-state index in [1.165, 1.54) is 12.8 Å². The summed E-state index contributed by atoms with van der Waals surface area (Å²) in [7, 11) is 0. The molecule has 4 rings (SSSR count). The Morgan fingerprint density at radius 1 is 1.07 bits per heavy atom. The third-order valence-corrected chi connectivity index (χ3v) is 5.32. The van der Waals surface area contributed by atoms with Crippen LogP contribution < -0.4 is 22.1 Å². The minimum absolute atomic E-state index is 0.135. The molecular formula is C22H26N6O. The molecule has 0 saturated heterocycles. The minimum atomic E-state index is -0.491. The summed E-state index contributed by atoms with van der Waals surface area (Å²) in [4.78, 5) is 16.6. The molecular weight excluding hydrogens is 364 g/mol. The van der Waals surface area contributed by atoms with Gasteiger partial charge in [0.15, 0.2) is 0 Å². The number of benzene rings is 1. The topological polar surface area (TPSA) is 111 Å². The lowest BCUT2D eigenvalue weighted by Crippen LogP contribution is -2.42. The van der Waals surface area contributed by atoms with E-state index in [0.717, 1.165) is 24.3 Å². The fourth-order valence-corrected chi connectivity index (χ4v) is 3.77. The van der Waals surface area contributed by atoms with Gasteiger partial charge in [-0.2, -0.15) is 0 Å². The number of anilines is 3. The predicted octanol–water partition coefficient (Wildman–Crippen LogP) is 3.40. The van der Waals surface area contributed by atoms with Crippen LogP contribution in [0.25, 0.3) is 5.82 Å². The van der Waals surface area contributed by atoms with Crippen LogP contribution in [0.3, 0.4) is 0 Å². The van der Waals surface area contributed by atoms with Gasteiger partial charge in [-0.3, -0.25) is 4.79 Å². The van der Waals surface area contributed by atoms with Crippen LogP contribution in [0.2, 0.25) is 0 Å². The summed E-state index contributed by atoms with van der Waals surface area (Å²) in [5.74, 6) is 0.920. The van der Waals surface area contributed by atoms with E-state index in [9.17, 15) is 4.79 Å². The summed E-state index contributed by atoms with van der Waals surface area (Å²) >= 11 is 0. The molecule has 0 bridgehead atoms. The molecule has 1 saturated carbocycles. The monoisotopic (exact) mass is 390 g/mol. The summed E-state index contributed by atoms with van der Waals surface area (Å²) in [5.41, 5.74) is 13.8. The number of nitrogens with zero attached hydrogens (tertiary/aromatic N) is 2. The molecule has 1 aliphatic carbocycles. The van der Waals surface area contributed by atoms with Gasteiger partial charge in [0.25, 0.3) is 5.91 Å². The van der Waals surface area contributed by atoms with Crippen molar-refractivity contribution in [1.82, 2.24) is 9.55 Å². The van der Waals surface area contributed by atoms with E-state index in [2.05, 4.69) is 15.6 Å². The van der Waals surface area contributed by atoms with Gasteiger partial charge >= 0.3 is 0 Å². The van der Waals surface area contributed by atoms with E-state index in [4.69, 9.17) is 11.5 Å². The van der Waals surface area contributed by atoms with Gasteiger partial charge in [-0.05, 0) is 55.3 Å². The number of rotatable bonds is 6. The number of aromatic nitrogens is 2. The largest absolute Gasteiger partial charge is 0.381 e. The number of amides is 1. The van der Waals surface area contributed by atoms with E-state index in [1.807, 2.05) is 59.4 Å². The Hall–Kier alpha value is -3.32. The van der Waals surface area contributed by atoms with Crippen molar-refractivity contribution in [2.24, 2.45) is 11.5 Å². The first kappa shape index (κ1) is 19.0. The van der Waals surface area contributed by atoms with Crippen molar-refractivity contribution in [3.05, 3.63) is 66.5 Å². The lowest BCUT2D eigenvalue weighted by molar-refractivity contribution is 0.100. The molecule has 1 fully saturated rings. The highest BCUT2D eigenvalue weighted by Gasteiger charge is 2.22. The lowest BCUT2D eigenvalue weighted by atomic mass is 9.91. The fourth-order valence-electron chi connectivity index (χ4n) is 3.77. The molecule has 2 atom stereocenters. The predicted molar refractivity (Wildman–Crippen MR) is 116 cm³/mol. The second kappa shape index (κ2) is 8.36. The van der Waals surface area contributed by atoms with E-state index in [1.54, 1.807) is 6.07 Å². The number of carbonyl (C=O) groups is 1. The maximum absolute atomic E-state index is 11.9. The second-order valence-corrected chi connectivity index (χ2v) is 7.42. The highest BCUT2D eigenvalue weighted by Crippen LogP contribution is 2.27. The Balaban J connectivity index is 1.60. The molecule has 0 radical (unpaired) electrons. The molecule has 0 spiro atoms. The number of nitrogens with one attached hydrogen (secondary N) is 2. The highest BCUT2D eigenvalue weighted by atomic mass is 16.1. The van der Waals surface area contributed by atoms with Crippen molar-refractivity contribution < 1.29 is 4.79 Å². The van der Waals surface area contributed by atoms with Crippen LogP contribution in [0.1, 0.15) is 36.0 Å². The third-order valence-electron chi connectivity index (χ3n) is 5.32. The van der Waals surface area contributed by atoms with Gasteiger partial charge in [0.1, 0.15) is 11.6 Å². The van der Waals surface area contributed by atoms with Crippen LogP contribution in [-0.2, 0) is 0 Å². The first-order chi connectivity index (χ1) is 14.1. The van der Waals surface area contributed by atoms with Crippen LogP contribution in [-0.4, -0.2) is 27.5 Å². The molecule has 2 aromatic heterocycles. The molecule has 1 aliphatic rings. The quantitative estimate of drug-likeness (QED) is 0.515. The molecule has 7 heteroatoms. The van der Waals surface area contributed by atoms with Crippen LogP contribution in [0.4, 0.5) is 17.2 Å². The average Bonchev–Trinajstić information content (AvgIpc) is 3.25. The molecule has 1 amide bonds. The van der Waals surface area contributed by atoms with Crippen molar-refractivity contribution in [2.75, 3.05) is 10.6 Å². The molecule has 1 aromatic carbocycles. The van der Waals surface area contributed by atoms with Gasteiger partial charge in [0.05, 0.1) is 11.3 Å². The van der Waals surface area contributed by atoms with Gasteiger partial charge in [-0.1, -0.05) is 18.9 Å². The van der Waals surface area contributed by atoms with Crippen LogP contribution in [0, 0.1) is 0 Å². The highest BCUT2D eigenvalue weighted by molar-refractivity contribution is 5.99. The zero-order chi connectivity index (χ0) is 20.2. The molecule has 0 unspecified atom stereocenters. The van der Waals surface area contributed by atoms with Gasteiger partial charge < -0.3 is 26.7 Å². The molecule has 0 aliphatic heterocycles. The SMILES string of the molecule is NC(=O)c1ccc(N[C@@H]2CCCC[C@@H]2N)cc1Nc1cccc(-n2cccc2)n1. The Labute approximate surface area is 170 Å². The lowest BCUT2D eigenvalue weighted by Gasteiger charge is -2.30. The van der Waals surface area contributed by atoms with Crippen molar-refractivity contribution in [1.29, 1.82) is 0 Å². The van der Waals surface area contributed by atoms with Crippen LogP contribution in [0.5, 0.6) is 0 Å². The van der Waals surface area contributed by atoms with Crippen molar-refractivity contribution in [3.63, 3.8) is 0 Å². The summed E-state index contributed by atoms with van der Waals surface area (Å²) < 4.78 is 1.92. The standard InChI is InChI=1S/C22H26N6O/c23-17-6-1-2-7-18(17)25-15-10-11-16(22(24)29)19(14-15)26-20-8-5-9-21(27-20)28-12-3-4-13-28/h3-5,8-14,17-18,25H,1-2,6-7,23H2,(H2,24,29)(H,26,27)/t17-,18+/m0/s1. The van der Waals surface area contributed by atoms with E-state index < -0.39 is 5.91 Å². The summed E-state index contributed by atoms with van der Waals surface area (Å²) in [6.45, 7) is 0. The number of nitrogens with two attached hydrogens (primary N) is 2. The minimum Gasteiger partial charge on any atom is -0.381 e. The number of hydrogen-bond donors (Lipinski definition) is 4. The Kier molecular flexibility index (Phi) is 5.48. The number of pyridine rings is 1. The normalized spacial score (nSPS) is 18.9. The molecule has 7 nitrogen and oxygen atoms in total. The Bertz CT molecular complexity index is 985. The van der Waals surface area contributed by atoms with Gasteiger partial charge in [0.2, 0.25) is 0 Å². The first-order valence-corrected chi connectivity index (χ1v) is 9.93. The van der Waals surface area contributed by atoms with Crippen molar-refractivity contribution in [2.45, 2.75) is 37.8 Å². The fraction of sp³-hybridized carbons (Fsp3) is 0.273. The molecule has 3 aromatic rings. The molecule has 6 N–H and O–H groups in total. The van der Waals surface area contributed by atoms with Crippen molar-refractivity contribution in [3.8, 4) is 5.82 Å². The first-order valence-electron chi connectivity index (χ1n) is 9.93. The summed E-state index contributed by atoms with van der Waals surface area (Å²) in [5, 5.41) is 6.76. The van der Waals surface area contributed by atoms with Gasteiger partial charge in [-0.15, -0.1) is 0 Å². The maximum atomic E-state index is 11.9. The third kappa shape index (κ3) is 4.41. The van der Waals surface area contributed by atoms with E-state index in [0.29, 0.717) is 17.1 Å². The summed E-state index contributed by atoms with van der Waals surface area (Å²) in [6, 6.07) is 15.4. The zero-order valence-corrected chi connectivity index (χ0v) is 16.2. The van der Waals surface area contributed by atoms with Crippen LogP contribution in [0.15, 0.2) is 60.9 Å². The average molecular weight is 390 g/mol. The van der Waals surface area contributed by atoms with Crippen LogP contribution >= 0.6 is 0 Å². The van der Waals surface area contributed by atoms with Gasteiger partial charge in [-0.25, -0.2) is 4.98 Å². The summed E-state index contributed by atoms with van der Waals surface area (Å²) in [6.07, 6.45) is 8.28. The van der Waals surface area contributed by atoms with Gasteiger partial charge in [0, 0.05) is 30.2 Å². The maximum Gasteiger partial charge on any atom is 0.250 e. The van der Waals surface area contributed by atoms with E-state index >= 15 is 0 Å². The van der Waals surface area contributed by atoms with E-state index in [-0.39, 0.29) is 12.1 Å². The smallest absolute Gasteiger partial charge is 0.250 e. The second-order valence-electron chi connectivity index (χ2n) is 7.42. The van der Waals surface area contributed by atoms with Crippen molar-refractivity contribution >= 4 is 23.1 Å². The Morgan fingerprint density at radius 3 is 2.62 bits per heavy atom.